The van der Waals surface area contributed by atoms with Crippen LogP contribution in [0.4, 0.5) is 0 Å². The van der Waals surface area contributed by atoms with Gasteiger partial charge in [-0.15, -0.1) is 0 Å². The molecule has 0 bridgehead atoms. The Morgan fingerprint density at radius 2 is 1.62 bits per heavy atom. The highest BCUT2D eigenvalue weighted by Gasteiger charge is 2.16. The zero-order chi connectivity index (χ0) is 20.2. The van der Waals surface area contributed by atoms with Gasteiger partial charge in [-0.3, -0.25) is 4.79 Å². The molecule has 3 aromatic carbocycles. The summed E-state index contributed by atoms with van der Waals surface area (Å²) in [5, 5.41) is 3.15. The molecule has 0 aliphatic heterocycles. The molecule has 1 heterocycles. The monoisotopic (exact) mass is 383 g/mol. The molecule has 4 heteroatoms. The van der Waals surface area contributed by atoms with Crippen molar-refractivity contribution in [3.63, 3.8) is 0 Å². The van der Waals surface area contributed by atoms with Crippen molar-refractivity contribution in [2.45, 2.75) is 32.4 Å². The number of imidazole rings is 1. The van der Waals surface area contributed by atoms with Gasteiger partial charge in [0.05, 0.1) is 29.4 Å². The van der Waals surface area contributed by atoms with Crippen LogP contribution in [0.5, 0.6) is 0 Å². The second-order valence-electron chi connectivity index (χ2n) is 7.29. The lowest BCUT2D eigenvalue weighted by molar-refractivity contribution is 0.0935. The molecule has 0 saturated heterocycles. The van der Waals surface area contributed by atoms with Crippen LogP contribution in [-0.4, -0.2) is 15.5 Å². The van der Waals surface area contributed by atoms with Crippen molar-refractivity contribution < 1.29 is 4.79 Å². The SMILES string of the molecule is CCC(NC(=O)c1ccc2c(c1)ncn2[C@H](C)c1ccccc1)c1ccccc1. The van der Waals surface area contributed by atoms with Gasteiger partial charge in [0.25, 0.3) is 5.91 Å². The molecule has 0 fully saturated rings. The van der Waals surface area contributed by atoms with E-state index < -0.39 is 0 Å². The number of nitrogens with zero attached hydrogens (tertiary/aromatic N) is 2. The lowest BCUT2D eigenvalue weighted by Crippen LogP contribution is -2.28. The van der Waals surface area contributed by atoms with Crippen LogP contribution in [0, 0.1) is 0 Å². The van der Waals surface area contributed by atoms with Crippen LogP contribution in [0.1, 0.15) is 53.8 Å². The normalized spacial score (nSPS) is 13.2. The van der Waals surface area contributed by atoms with Crippen LogP contribution in [0.15, 0.2) is 85.2 Å². The maximum Gasteiger partial charge on any atom is 0.251 e. The lowest BCUT2D eigenvalue weighted by atomic mass is 10.0. The number of carbonyl (C=O) groups excluding carboxylic acids is 1. The van der Waals surface area contributed by atoms with Crippen molar-refractivity contribution >= 4 is 16.9 Å². The molecular formula is C25H25N3O. The molecule has 1 N–H and O–H groups in total. The van der Waals surface area contributed by atoms with Crippen LogP contribution in [0.3, 0.4) is 0 Å². The molecule has 0 aliphatic rings. The van der Waals surface area contributed by atoms with Crippen molar-refractivity contribution in [1.29, 1.82) is 0 Å². The maximum atomic E-state index is 12.8. The molecule has 1 aromatic heterocycles. The minimum atomic E-state index is -0.0757. The van der Waals surface area contributed by atoms with Crippen LogP contribution in [-0.2, 0) is 0 Å². The van der Waals surface area contributed by atoms with E-state index in [1.165, 1.54) is 5.56 Å². The molecular weight excluding hydrogens is 358 g/mol. The van der Waals surface area contributed by atoms with Gasteiger partial charge < -0.3 is 9.88 Å². The summed E-state index contributed by atoms with van der Waals surface area (Å²) >= 11 is 0. The Morgan fingerprint density at radius 3 is 2.28 bits per heavy atom. The molecule has 0 radical (unpaired) electrons. The van der Waals surface area contributed by atoms with Crippen LogP contribution in [0.25, 0.3) is 11.0 Å². The third kappa shape index (κ3) is 3.92. The first-order valence-corrected chi connectivity index (χ1v) is 10.0. The summed E-state index contributed by atoms with van der Waals surface area (Å²) in [5.74, 6) is -0.0757. The first-order chi connectivity index (χ1) is 14.2. The molecule has 4 rings (SSSR count). The van der Waals surface area contributed by atoms with Gasteiger partial charge in [0, 0.05) is 5.56 Å². The molecule has 4 nitrogen and oxygen atoms in total. The van der Waals surface area contributed by atoms with Crippen LogP contribution in [0.2, 0.25) is 0 Å². The Hall–Kier alpha value is -3.40. The summed E-state index contributed by atoms with van der Waals surface area (Å²) in [6.07, 6.45) is 2.68. The molecule has 2 atom stereocenters. The minimum absolute atomic E-state index is 0.00458. The van der Waals surface area contributed by atoms with E-state index in [-0.39, 0.29) is 18.0 Å². The lowest BCUT2D eigenvalue weighted by Gasteiger charge is -2.18. The average molecular weight is 383 g/mol. The second-order valence-corrected chi connectivity index (χ2v) is 7.29. The van der Waals surface area contributed by atoms with Gasteiger partial charge in [-0.1, -0.05) is 67.6 Å². The van der Waals surface area contributed by atoms with Gasteiger partial charge in [-0.2, -0.15) is 0 Å². The van der Waals surface area contributed by atoms with E-state index in [4.69, 9.17) is 0 Å². The Labute approximate surface area is 171 Å². The number of aromatic nitrogens is 2. The smallest absolute Gasteiger partial charge is 0.251 e. The molecule has 29 heavy (non-hydrogen) atoms. The van der Waals surface area contributed by atoms with E-state index in [0.717, 1.165) is 23.0 Å². The Bertz CT molecular complexity index is 1100. The summed E-state index contributed by atoms with van der Waals surface area (Å²) < 4.78 is 2.14. The number of nitrogens with one attached hydrogen (secondary N) is 1. The molecule has 0 saturated carbocycles. The van der Waals surface area contributed by atoms with Crippen molar-refractivity contribution in [2.75, 3.05) is 0 Å². The van der Waals surface area contributed by atoms with Crippen molar-refractivity contribution in [3.8, 4) is 0 Å². The zero-order valence-corrected chi connectivity index (χ0v) is 16.7. The highest BCUT2D eigenvalue weighted by molar-refractivity contribution is 5.97. The van der Waals surface area contributed by atoms with Gasteiger partial charge in [0.2, 0.25) is 0 Å². The Morgan fingerprint density at radius 1 is 0.966 bits per heavy atom. The predicted octanol–water partition coefficient (Wildman–Crippen LogP) is 5.53. The van der Waals surface area contributed by atoms with Crippen LogP contribution < -0.4 is 5.32 Å². The average Bonchev–Trinajstić information content (AvgIpc) is 3.21. The number of carbonyl (C=O) groups is 1. The van der Waals surface area contributed by atoms with Crippen molar-refractivity contribution in [3.05, 3.63) is 102 Å². The van der Waals surface area contributed by atoms with Crippen molar-refractivity contribution in [2.24, 2.45) is 0 Å². The number of benzene rings is 3. The molecule has 0 spiro atoms. The molecule has 4 aromatic rings. The second kappa shape index (κ2) is 8.31. The summed E-state index contributed by atoms with van der Waals surface area (Å²) in [6.45, 7) is 4.23. The van der Waals surface area contributed by atoms with Crippen LogP contribution >= 0.6 is 0 Å². The van der Waals surface area contributed by atoms with Gasteiger partial charge >= 0.3 is 0 Å². The molecule has 1 unspecified atom stereocenters. The molecule has 0 aliphatic carbocycles. The van der Waals surface area contributed by atoms with E-state index in [0.29, 0.717) is 5.56 Å². The van der Waals surface area contributed by atoms with E-state index in [9.17, 15) is 4.79 Å². The van der Waals surface area contributed by atoms with Crippen molar-refractivity contribution in [1.82, 2.24) is 14.9 Å². The maximum absolute atomic E-state index is 12.8. The van der Waals surface area contributed by atoms with Gasteiger partial charge in [-0.05, 0) is 42.7 Å². The van der Waals surface area contributed by atoms with E-state index >= 15 is 0 Å². The standard InChI is InChI=1S/C25H25N3O/c1-3-22(20-12-8-5-9-13-20)27-25(29)21-14-15-24-23(16-21)26-17-28(24)18(2)19-10-6-4-7-11-19/h4-18,22H,3H2,1-2H3,(H,27,29)/t18-,22?/m1/s1. The summed E-state index contributed by atoms with van der Waals surface area (Å²) in [4.78, 5) is 17.4. The summed E-state index contributed by atoms with van der Waals surface area (Å²) in [5.41, 5.74) is 4.82. The summed E-state index contributed by atoms with van der Waals surface area (Å²) in [6, 6.07) is 26.3. The largest absolute Gasteiger partial charge is 0.345 e. The highest BCUT2D eigenvalue weighted by atomic mass is 16.1. The Balaban J connectivity index is 1.57. The highest BCUT2D eigenvalue weighted by Crippen LogP contribution is 2.24. The summed E-state index contributed by atoms with van der Waals surface area (Å²) in [7, 11) is 0. The number of rotatable bonds is 6. The third-order valence-corrected chi connectivity index (χ3v) is 5.45. The van der Waals surface area contributed by atoms with E-state index in [2.05, 4.69) is 40.8 Å². The van der Waals surface area contributed by atoms with E-state index in [1.807, 2.05) is 73.1 Å². The zero-order valence-electron chi connectivity index (χ0n) is 16.7. The molecule has 146 valence electrons. The fourth-order valence-corrected chi connectivity index (χ4v) is 3.72. The first kappa shape index (κ1) is 18.9. The predicted molar refractivity (Wildman–Crippen MR) is 117 cm³/mol. The fourth-order valence-electron chi connectivity index (χ4n) is 3.72. The van der Waals surface area contributed by atoms with Gasteiger partial charge in [-0.25, -0.2) is 4.98 Å². The number of hydrogen-bond acceptors (Lipinski definition) is 2. The van der Waals surface area contributed by atoms with E-state index in [1.54, 1.807) is 0 Å². The quantitative estimate of drug-likeness (QED) is 0.476. The minimum Gasteiger partial charge on any atom is -0.345 e. The number of fused-ring (bicyclic) bond motifs is 1. The topological polar surface area (TPSA) is 46.9 Å². The van der Waals surface area contributed by atoms with Gasteiger partial charge in [0.15, 0.2) is 0 Å². The third-order valence-electron chi connectivity index (χ3n) is 5.45. The Kier molecular flexibility index (Phi) is 5.43. The number of hydrogen-bond donors (Lipinski definition) is 1. The number of amides is 1. The first-order valence-electron chi connectivity index (χ1n) is 10.0. The van der Waals surface area contributed by atoms with Gasteiger partial charge in [0.1, 0.15) is 0 Å². The fraction of sp³-hybridized carbons (Fsp3) is 0.200. The molecule has 1 amide bonds.